The molecule has 1 aliphatic carbocycles. The molecule has 0 aromatic heterocycles. The highest BCUT2D eigenvalue weighted by Crippen LogP contribution is 2.51. The van der Waals surface area contributed by atoms with Crippen LogP contribution in [0.25, 0.3) is 0 Å². The zero-order valence-corrected chi connectivity index (χ0v) is 19.8. The molecule has 0 radical (unpaired) electrons. The van der Waals surface area contributed by atoms with Gasteiger partial charge < -0.3 is 44.5 Å². The van der Waals surface area contributed by atoms with Crippen LogP contribution in [-0.2, 0) is 30.2 Å². The summed E-state index contributed by atoms with van der Waals surface area (Å²) < 4.78 is 23.0. The number of aliphatic hydroxyl groups excluding tert-OH is 4. The van der Waals surface area contributed by atoms with Gasteiger partial charge >= 0.3 is 5.97 Å². The normalized spacial score (nSPS) is 41.6. The third-order valence-corrected chi connectivity index (χ3v) is 7.23. The van der Waals surface area contributed by atoms with Crippen molar-refractivity contribution in [1.82, 2.24) is 0 Å². The van der Waals surface area contributed by atoms with E-state index in [1.807, 2.05) is 30.3 Å². The van der Waals surface area contributed by atoms with Crippen LogP contribution in [0.5, 0.6) is 0 Å². The summed E-state index contributed by atoms with van der Waals surface area (Å²) >= 11 is 0. The Labute approximate surface area is 203 Å². The molecule has 10 heteroatoms. The Kier molecular flexibility index (Phi) is 7.54. The molecule has 4 rings (SSSR count). The van der Waals surface area contributed by atoms with Gasteiger partial charge in [0.1, 0.15) is 23.4 Å². The zero-order valence-electron chi connectivity index (χ0n) is 19.8. The number of rotatable bonds is 7. The van der Waals surface area contributed by atoms with Gasteiger partial charge in [0.2, 0.25) is 6.29 Å². The fourth-order valence-corrected chi connectivity index (χ4v) is 5.30. The van der Waals surface area contributed by atoms with Crippen molar-refractivity contribution >= 4 is 5.97 Å². The number of esters is 1. The van der Waals surface area contributed by atoms with Gasteiger partial charge in [0, 0.05) is 12.8 Å². The van der Waals surface area contributed by atoms with Crippen LogP contribution in [0.4, 0.5) is 0 Å². The highest BCUT2D eigenvalue weighted by molar-refractivity contribution is 5.73. The molecular weight excluding hydrogens is 460 g/mol. The number of hydrogen-bond acceptors (Lipinski definition) is 10. The molecule has 1 aromatic rings. The van der Waals surface area contributed by atoms with Gasteiger partial charge in [-0.25, -0.2) is 0 Å². The van der Waals surface area contributed by atoms with E-state index in [0.717, 1.165) is 5.56 Å². The summed E-state index contributed by atoms with van der Waals surface area (Å²) in [6.45, 7) is 2.82. The molecule has 35 heavy (non-hydrogen) atoms. The second kappa shape index (κ2) is 10.1. The summed E-state index contributed by atoms with van der Waals surface area (Å²) in [5.41, 5.74) is -2.18. The van der Waals surface area contributed by atoms with Gasteiger partial charge in [-0.2, -0.15) is 0 Å². The molecule has 10 nitrogen and oxygen atoms in total. The Hall–Kier alpha value is -2.05. The number of ether oxygens (including phenoxy) is 4. The lowest BCUT2D eigenvalue weighted by molar-refractivity contribution is -0.324. The number of carbonyl (C=O) groups excluding carboxylic acids is 1. The van der Waals surface area contributed by atoms with Crippen molar-refractivity contribution in [3.63, 3.8) is 0 Å². The third kappa shape index (κ3) is 5.10. The topological polar surface area (TPSA) is 155 Å². The van der Waals surface area contributed by atoms with E-state index in [9.17, 15) is 30.3 Å². The summed E-state index contributed by atoms with van der Waals surface area (Å²) in [5, 5.41) is 51.6. The zero-order chi connectivity index (χ0) is 25.4. The number of aliphatic hydroxyl groups is 5. The summed E-state index contributed by atoms with van der Waals surface area (Å²) in [6.07, 6.45) is -4.31. The lowest BCUT2D eigenvalue weighted by Crippen LogP contribution is -2.58. The van der Waals surface area contributed by atoms with Gasteiger partial charge in [0.15, 0.2) is 6.29 Å². The van der Waals surface area contributed by atoms with Crippen molar-refractivity contribution in [2.45, 2.75) is 81.3 Å². The van der Waals surface area contributed by atoms with Crippen LogP contribution in [0.2, 0.25) is 0 Å². The predicted octanol–water partition coefficient (Wildman–Crippen LogP) is -0.00530. The van der Waals surface area contributed by atoms with Crippen LogP contribution in [0.1, 0.15) is 32.3 Å². The Morgan fingerprint density at radius 3 is 2.63 bits per heavy atom. The second-order valence-electron chi connectivity index (χ2n) is 9.93. The first-order chi connectivity index (χ1) is 16.6. The molecule has 10 unspecified atom stereocenters. The first-order valence-electron chi connectivity index (χ1n) is 11.9. The minimum atomic E-state index is -1.80. The Morgan fingerprint density at radius 1 is 1.23 bits per heavy atom. The highest BCUT2D eigenvalue weighted by atomic mass is 16.8. The predicted molar refractivity (Wildman–Crippen MR) is 120 cm³/mol. The van der Waals surface area contributed by atoms with E-state index in [2.05, 4.69) is 0 Å². The van der Waals surface area contributed by atoms with E-state index < -0.39 is 72.6 Å². The molecule has 5 N–H and O–H groups in total. The van der Waals surface area contributed by atoms with E-state index in [1.165, 1.54) is 12.3 Å². The maximum absolute atomic E-state index is 13.1. The largest absolute Gasteiger partial charge is 0.472 e. The molecule has 3 aliphatic rings. The molecule has 1 saturated heterocycles. The molecular formula is C25H34O10. The lowest BCUT2D eigenvalue weighted by Gasteiger charge is -2.45. The van der Waals surface area contributed by atoms with Crippen molar-refractivity contribution < 1.29 is 49.3 Å². The third-order valence-electron chi connectivity index (χ3n) is 7.23. The fourth-order valence-electron chi connectivity index (χ4n) is 5.30. The van der Waals surface area contributed by atoms with Gasteiger partial charge in [-0.05, 0) is 25.0 Å². The van der Waals surface area contributed by atoms with Crippen LogP contribution in [-0.4, -0.2) is 86.3 Å². The average Bonchev–Trinajstić information content (AvgIpc) is 3.02. The molecule has 0 amide bonds. The summed E-state index contributed by atoms with van der Waals surface area (Å²) in [6, 6.07) is 9.51. The summed E-state index contributed by atoms with van der Waals surface area (Å²) in [4.78, 5) is 13.1. The Bertz CT molecular complexity index is 909. The molecule has 2 fully saturated rings. The van der Waals surface area contributed by atoms with Crippen LogP contribution >= 0.6 is 0 Å². The average molecular weight is 495 g/mol. The monoisotopic (exact) mass is 494 g/mol. The molecule has 0 bridgehead atoms. The van der Waals surface area contributed by atoms with Crippen molar-refractivity contribution in [3.8, 4) is 0 Å². The molecule has 1 saturated carbocycles. The number of hydrogen-bond donors (Lipinski definition) is 5. The molecule has 2 heterocycles. The van der Waals surface area contributed by atoms with E-state index in [1.54, 1.807) is 13.8 Å². The van der Waals surface area contributed by atoms with Crippen LogP contribution < -0.4 is 0 Å². The SMILES string of the molecule is CC(Cc1ccccc1)C(=O)OC1(C)CC(O)C2(O)C=COC(OC3CC(O)C(O)C(CO)O3)C12. The van der Waals surface area contributed by atoms with Gasteiger partial charge in [-0.3, -0.25) is 4.79 Å². The Morgan fingerprint density at radius 2 is 1.94 bits per heavy atom. The fraction of sp³-hybridized carbons (Fsp3) is 0.640. The van der Waals surface area contributed by atoms with Gasteiger partial charge in [-0.15, -0.1) is 0 Å². The quantitative estimate of drug-likeness (QED) is 0.327. The molecule has 1 aromatic carbocycles. The van der Waals surface area contributed by atoms with E-state index in [4.69, 9.17) is 18.9 Å². The maximum Gasteiger partial charge on any atom is 0.309 e. The summed E-state index contributed by atoms with van der Waals surface area (Å²) in [5.74, 6) is -2.00. The maximum atomic E-state index is 13.1. The lowest BCUT2D eigenvalue weighted by atomic mass is 9.81. The first-order valence-corrected chi connectivity index (χ1v) is 11.9. The smallest absolute Gasteiger partial charge is 0.309 e. The van der Waals surface area contributed by atoms with Crippen LogP contribution in [0.15, 0.2) is 42.7 Å². The van der Waals surface area contributed by atoms with Gasteiger partial charge in [0.05, 0.1) is 36.9 Å². The minimum Gasteiger partial charge on any atom is -0.472 e. The van der Waals surface area contributed by atoms with Crippen molar-refractivity contribution in [3.05, 3.63) is 48.2 Å². The highest BCUT2D eigenvalue weighted by Gasteiger charge is 2.66. The van der Waals surface area contributed by atoms with Gasteiger partial charge in [0.25, 0.3) is 0 Å². The number of benzene rings is 1. The molecule has 194 valence electrons. The van der Waals surface area contributed by atoms with Gasteiger partial charge in [-0.1, -0.05) is 37.3 Å². The van der Waals surface area contributed by atoms with Crippen molar-refractivity contribution in [2.75, 3.05) is 6.61 Å². The Balaban J connectivity index is 1.51. The number of fused-ring (bicyclic) bond motifs is 1. The van der Waals surface area contributed by atoms with Crippen LogP contribution in [0, 0.1) is 11.8 Å². The number of carbonyl (C=O) groups is 1. The first kappa shape index (κ1) is 26.0. The van der Waals surface area contributed by atoms with Crippen molar-refractivity contribution in [1.29, 1.82) is 0 Å². The molecule has 2 aliphatic heterocycles. The minimum absolute atomic E-state index is 0.0579. The van der Waals surface area contributed by atoms with E-state index >= 15 is 0 Å². The van der Waals surface area contributed by atoms with Crippen LogP contribution in [0.3, 0.4) is 0 Å². The standard InChI is InChI=1S/C25H34O10/c1-14(10-15-6-4-3-5-7-15)22(30)35-24(2)12-18(28)25(31)8-9-32-23(21(24)25)34-19-11-16(27)20(29)17(13-26)33-19/h3-9,14,16-21,23,26-29,31H,10-13H2,1-2H3. The second-order valence-corrected chi connectivity index (χ2v) is 9.93. The van der Waals surface area contributed by atoms with E-state index in [-0.39, 0.29) is 12.8 Å². The molecule has 0 spiro atoms. The van der Waals surface area contributed by atoms with Crippen molar-refractivity contribution in [2.24, 2.45) is 11.8 Å². The summed E-state index contributed by atoms with van der Waals surface area (Å²) in [7, 11) is 0. The molecule has 10 atom stereocenters. The van der Waals surface area contributed by atoms with E-state index in [0.29, 0.717) is 6.42 Å².